The molecule has 3 N–H and O–H groups in total. The van der Waals surface area contributed by atoms with Gasteiger partial charge in [-0.3, -0.25) is 14.9 Å². The molecule has 2 aromatic rings. The highest BCUT2D eigenvalue weighted by Gasteiger charge is 2.34. The van der Waals surface area contributed by atoms with Crippen LogP contribution in [0.3, 0.4) is 0 Å². The smallest absolute Gasteiger partial charge is 0.321 e. The number of rotatable bonds is 6. The van der Waals surface area contributed by atoms with Gasteiger partial charge < -0.3 is 24.5 Å². The SMILES string of the molecule is CC1NC(=O)NC(=O)C1Cc1nnc(SCC(=O)Nc2ccc3c(c2)OCCO3)o1. The van der Waals surface area contributed by atoms with E-state index in [4.69, 9.17) is 13.9 Å². The fraction of sp³-hybridized carbons (Fsp3) is 0.389. The van der Waals surface area contributed by atoms with Gasteiger partial charge in [0.2, 0.25) is 17.7 Å². The maximum Gasteiger partial charge on any atom is 0.321 e. The van der Waals surface area contributed by atoms with E-state index in [1.54, 1.807) is 25.1 Å². The monoisotopic (exact) mass is 433 g/mol. The molecule has 2 aliphatic rings. The third-order valence-electron chi connectivity index (χ3n) is 4.53. The fourth-order valence-corrected chi connectivity index (χ4v) is 3.64. The summed E-state index contributed by atoms with van der Waals surface area (Å²) in [6.07, 6.45) is 0.185. The lowest BCUT2D eigenvalue weighted by atomic mass is 9.95. The van der Waals surface area contributed by atoms with Crippen LogP contribution in [-0.2, 0) is 16.0 Å². The summed E-state index contributed by atoms with van der Waals surface area (Å²) >= 11 is 1.08. The molecule has 0 radical (unpaired) electrons. The number of benzene rings is 1. The van der Waals surface area contributed by atoms with Gasteiger partial charge in [-0.2, -0.15) is 0 Å². The molecular formula is C18H19N5O6S. The van der Waals surface area contributed by atoms with Crippen molar-refractivity contribution < 1.29 is 28.3 Å². The first kappa shape index (κ1) is 20.0. The summed E-state index contributed by atoms with van der Waals surface area (Å²) in [5.41, 5.74) is 0.593. The van der Waals surface area contributed by atoms with Gasteiger partial charge in [0.05, 0.1) is 11.7 Å². The van der Waals surface area contributed by atoms with E-state index in [1.165, 1.54) is 0 Å². The Morgan fingerprint density at radius 1 is 1.23 bits per heavy atom. The maximum absolute atomic E-state index is 12.2. The van der Waals surface area contributed by atoms with E-state index in [0.29, 0.717) is 30.4 Å². The normalized spacial score (nSPS) is 20.3. The lowest BCUT2D eigenvalue weighted by Gasteiger charge is -2.27. The first-order valence-corrected chi connectivity index (χ1v) is 10.2. The molecule has 30 heavy (non-hydrogen) atoms. The Kier molecular flexibility index (Phi) is 5.74. The predicted molar refractivity (Wildman–Crippen MR) is 104 cm³/mol. The summed E-state index contributed by atoms with van der Waals surface area (Å²) in [5, 5.41) is 15.6. The molecule has 2 unspecified atom stereocenters. The molecule has 4 amide bonds. The highest BCUT2D eigenvalue weighted by atomic mass is 32.2. The van der Waals surface area contributed by atoms with Crippen molar-refractivity contribution in [1.82, 2.24) is 20.8 Å². The molecule has 1 saturated heterocycles. The van der Waals surface area contributed by atoms with Gasteiger partial charge in [-0.05, 0) is 19.1 Å². The van der Waals surface area contributed by atoms with Crippen LogP contribution in [0.5, 0.6) is 11.5 Å². The molecule has 158 valence electrons. The zero-order valence-electron chi connectivity index (χ0n) is 16.0. The van der Waals surface area contributed by atoms with E-state index in [0.717, 1.165) is 11.8 Å². The van der Waals surface area contributed by atoms with Crippen molar-refractivity contribution in [2.45, 2.75) is 24.6 Å². The van der Waals surface area contributed by atoms with Crippen LogP contribution in [0.25, 0.3) is 0 Å². The molecule has 1 aromatic heterocycles. The number of hydrogen-bond acceptors (Lipinski definition) is 9. The summed E-state index contributed by atoms with van der Waals surface area (Å²) in [6, 6.07) is 4.31. The number of imide groups is 1. The largest absolute Gasteiger partial charge is 0.486 e. The minimum absolute atomic E-state index is 0.0620. The molecule has 12 heteroatoms. The van der Waals surface area contributed by atoms with Crippen LogP contribution >= 0.6 is 11.8 Å². The number of carbonyl (C=O) groups excluding carboxylic acids is 3. The van der Waals surface area contributed by atoms with Gasteiger partial charge in [-0.15, -0.1) is 10.2 Å². The van der Waals surface area contributed by atoms with Crippen LogP contribution in [0, 0.1) is 5.92 Å². The molecule has 0 bridgehead atoms. The number of amides is 4. The van der Waals surface area contributed by atoms with Crippen LogP contribution in [0.15, 0.2) is 27.8 Å². The summed E-state index contributed by atoms with van der Waals surface area (Å²) in [4.78, 5) is 35.5. The zero-order valence-corrected chi connectivity index (χ0v) is 16.8. The Morgan fingerprint density at radius 2 is 2.03 bits per heavy atom. The van der Waals surface area contributed by atoms with E-state index in [1.807, 2.05) is 0 Å². The maximum atomic E-state index is 12.2. The van der Waals surface area contributed by atoms with Gasteiger partial charge in [-0.1, -0.05) is 11.8 Å². The van der Waals surface area contributed by atoms with E-state index < -0.39 is 17.9 Å². The number of hydrogen-bond donors (Lipinski definition) is 3. The summed E-state index contributed by atoms with van der Waals surface area (Å²) < 4.78 is 16.5. The van der Waals surface area contributed by atoms with Crippen LogP contribution in [0.2, 0.25) is 0 Å². The number of carbonyl (C=O) groups is 3. The van der Waals surface area contributed by atoms with E-state index >= 15 is 0 Å². The van der Waals surface area contributed by atoms with Gasteiger partial charge in [0.1, 0.15) is 13.2 Å². The van der Waals surface area contributed by atoms with Crippen molar-refractivity contribution in [2.75, 3.05) is 24.3 Å². The number of nitrogens with one attached hydrogen (secondary N) is 3. The van der Waals surface area contributed by atoms with E-state index in [9.17, 15) is 14.4 Å². The highest BCUT2D eigenvalue weighted by Crippen LogP contribution is 2.32. The quantitative estimate of drug-likeness (QED) is 0.567. The fourth-order valence-electron chi connectivity index (χ4n) is 3.06. The van der Waals surface area contributed by atoms with Crippen LogP contribution in [-0.4, -0.2) is 53.1 Å². The average Bonchev–Trinajstić information content (AvgIpc) is 3.17. The average molecular weight is 433 g/mol. The molecule has 2 atom stereocenters. The molecular weight excluding hydrogens is 414 g/mol. The third-order valence-corrected chi connectivity index (χ3v) is 5.35. The standard InChI is InChI=1S/C18H19N5O6S/c1-9-11(16(25)21-17(26)19-9)7-15-22-23-18(29-15)30-8-14(24)20-10-2-3-12-13(6-10)28-5-4-27-12/h2-3,6,9,11H,4-5,7-8H2,1H3,(H,20,24)(H2,19,21,25,26). The van der Waals surface area contributed by atoms with Crippen molar-refractivity contribution in [1.29, 1.82) is 0 Å². The first-order valence-electron chi connectivity index (χ1n) is 9.24. The lowest BCUT2D eigenvalue weighted by Crippen LogP contribution is -2.57. The van der Waals surface area contributed by atoms with E-state index in [2.05, 4.69) is 26.1 Å². The summed E-state index contributed by atoms with van der Waals surface area (Å²) in [7, 11) is 0. The Balaban J connectivity index is 1.28. The van der Waals surface area contributed by atoms with Gasteiger partial charge in [-0.25, -0.2) is 4.79 Å². The first-order chi connectivity index (χ1) is 14.5. The van der Waals surface area contributed by atoms with Crippen molar-refractivity contribution in [3.05, 3.63) is 24.1 Å². The molecule has 11 nitrogen and oxygen atoms in total. The van der Waals surface area contributed by atoms with Gasteiger partial charge in [0.25, 0.3) is 5.22 Å². The van der Waals surface area contributed by atoms with Gasteiger partial charge in [0, 0.05) is 24.2 Å². The predicted octanol–water partition coefficient (Wildman–Crippen LogP) is 0.958. The molecule has 1 fully saturated rings. The summed E-state index contributed by atoms with van der Waals surface area (Å²) in [5.74, 6) is 0.397. The highest BCUT2D eigenvalue weighted by molar-refractivity contribution is 7.99. The van der Waals surface area contributed by atoms with Crippen LogP contribution in [0.1, 0.15) is 12.8 Å². The van der Waals surface area contributed by atoms with Gasteiger partial charge >= 0.3 is 6.03 Å². The number of urea groups is 1. The zero-order chi connectivity index (χ0) is 21.1. The Labute approximate surface area is 175 Å². The number of ether oxygens (including phenoxy) is 2. The molecule has 0 saturated carbocycles. The third kappa shape index (κ3) is 4.64. The molecule has 1 aromatic carbocycles. The number of aromatic nitrogens is 2. The van der Waals surface area contributed by atoms with Crippen LogP contribution in [0.4, 0.5) is 10.5 Å². The topological polar surface area (TPSA) is 145 Å². The second-order valence-electron chi connectivity index (χ2n) is 6.72. The van der Waals surface area contributed by atoms with Crippen LogP contribution < -0.4 is 25.4 Å². The summed E-state index contributed by atoms with van der Waals surface area (Å²) in [6.45, 7) is 2.70. The Hall–Kier alpha value is -3.28. The van der Waals surface area contributed by atoms with Crippen molar-refractivity contribution in [2.24, 2.45) is 5.92 Å². The lowest BCUT2D eigenvalue weighted by molar-refractivity contribution is -0.125. The van der Waals surface area contributed by atoms with Crippen molar-refractivity contribution >= 4 is 35.3 Å². The molecule has 4 rings (SSSR count). The minimum Gasteiger partial charge on any atom is -0.486 e. The number of anilines is 1. The molecule has 3 heterocycles. The van der Waals surface area contributed by atoms with Crippen molar-refractivity contribution in [3.8, 4) is 11.5 Å². The Morgan fingerprint density at radius 3 is 2.83 bits per heavy atom. The van der Waals surface area contributed by atoms with Gasteiger partial charge in [0.15, 0.2) is 11.5 Å². The van der Waals surface area contributed by atoms with E-state index in [-0.39, 0.29) is 35.2 Å². The molecule has 2 aliphatic heterocycles. The number of thioether (sulfide) groups is 1. The number of fused-ring (bicyclic) bond motifs is 1. The second kappa shape index (κ2) is 8.61. The molecule has 0 spiro atoms. The number of nitrogens with zero attached hydrogens (tertiary/aromatic N) is 2. The molecule has 0 aliphatic carbocycles. The van der Waals surface area contributed by atoms with Crippen molar-refractivity contribution in [3.63, 3.8) is 0 Å². The minimum atomic E-state index is -0.519. The second-order valence-corrected chi connectivity index (χ2v) is 7.65. The Bertz CT molecular complexity index is 980.